The largest absolute Gasteiger partial charge is 2.00 e. The molecule has 0 aromatic carbocycles. The van der Waals surface area contributed by atoms with E-state index in [2.05, 4.69) is 20.6 Å². The van der Waals surface area contributed by atoms with Crippen LogP contribution in [0.5, 0.6) is 0 Å². The average Bonchev–Trinajstić information content (AvgIpc) is 2.76. The fourth-order valence-corrected chi connectivity index (χ4v) is 2.61. The summed E-state index contributed by atoms with van der Waals surface area (Å²) in [6.07, 6.45) is 14.2. The summed E-state index contributed by atoms with van der Waals surface area (Å²) in [5.74, 6) is 0. The van der Waals surface area contributed by atoms with Crippen LogP contribution in [0.15, 0.2) is 96.9 Å². The second-order valence-electron chi connectivity index (χ2n) is 5.41. The monoisotopic (exact) mass is 564 g/mol. The molecule has 30 heavy (non-hydrogen) atoms. The Morgan fingerprint density at radius 1 is 0.733 bits per heavy atom. The molecule has 2 aliphatic rings. The zero-order valence-electron chi connectivity index (χ0n) is 15.2. The van der Waals surface area contributed by atoms with Gasteiger partial charge in [0.25, 0.3) is 0 Å². The Labute approximate surface area is 211 Å². The molecule has 0 radical (unpaired) electrons. The van der Waals surface area contributed by atoms with Crippen molar-refractivity contribution >= 4 is 43.4 Å². The van der Waals surface area contributed by atoms with E-state index in [9.17, 15) is 0 Å². The van der Waals surface area contributed by atoms with Crippen molar-refractivity contribution < 1.29 is 30.2 Å². The molecular weight excluding hydrogens is 550 g/mol. The van der Waals surface area contributed by atoms with Gasteiger partial charge in [-0.15, -0.1) is 23.2 Å². The number of allylic oxidation sites excluding steroid dienone is 4. The van der Waals surface area contributed by atoms with E-state index in [1.54, 1.807) is 24.8 Å². The summed E-state index contributed by atoms with van der Waals surface area (Å²) in [6.45, 7) is 0. The van der Waals surface area contributed by atoms with Crippen LogP contribution in [-0.2, 0) is 30.2 Å². The van der Waals surface area contributed by atoms with Crippen LogP contribution in [0, 0.1) is 0 Å². The van der Waals surface area contributed by atoms with Crippen LogP contribution in [0.3, 0.4) is 0 Å². The Morgan fingerprint density at radius 3 is 1.43 bits per heavy atom. The second kappa shape index (κ2) is 15.8. The number of halogens is 4. The number of hydrogen-bond acceptors (Lipinski definition) is 2. The van der Waals surface area contributed by atoms with Crippen molar-refractivity contribution in [1.29, 1.82) is 0 Å². The summed E-state index contributed by atoms with van der Waals surface area (Å²) in [4.78, 5) is 8.37. The first kappa shape index (κ1) is 27.1. The molecule has 4 heterocycles. The Morgan fingerprint density at radius 2 is 1.13 bits per heavy atom. The smallest absolute Gasteiger partial charge is 0.255 e. The van der Waals surface area contributed by atoms with Crippen LogP contribution >= 0.6 is 43.4 Å². The number of aromatic nitrogens is 2. The summed E-state index contributed by atoms with van der Waals surface area (Å²) in [7, 11) is 9.53. The van der Waals surface area contributed by atoms with Gasteiger partial charge in [0.05, 0.1) is 22.1 Å². The van der Waals surface area contributed by atoms with Crippen molar-refractivity contribution in [3.05, 3.63) is 108 Å². The van der Waals surface area contributed by atoms with Crippen molar-refractivity contribution in [2.24, 2.45) is 0 Å². The summed E-state index contributed by atoms with van der Waals surface area (Å²) in [6, 6.07) is 11.6. The molecule has 2 aromatic rings. The first-order valence-corrected chi connectivity index (χ1v) is 12.2. The zero-order chi connectivity index (χ0) is 20.9. The minimum atomic E-state index is -0.113. The maximum atomic E-state index is 5.92. The molecule has 0 saturated carbocycles. The first-order chi connectivity index (χ1) is 14.1. The van der Waals surface area contributed by atoms with Gasteiger partial charge in [0.2, 0.25) is 0 Å². The van der Waals surface area contributed by atoms with Crippen LogP contribution in [0.25, 0.3) is 22.0 Å². The molecule has 0 saturated heterocycles. The van der Waals surface area contributed by atoms with Gasteiger partial charge in [-0.1, -0.05) is 36.4 Å². The molecule has 4 nitrogen and oxygen atoms in total. The van der Waals surface area contributed by atoms with E-state index in [-0.39, 0.29) is 41.0 Å². The average molecular weight is 566 g/mol. The van der Waals surface area contributed by atoms with Crippen molar-refractivity contribution in [2.45, 2.75) is 10.8 Å². The minimum absolute atomic E-state index is 0. The molecule has 0 fully saturated rings. The Kier molecular flexibility index (Phi) is 14.3. The van der Waals surface area contributed by atoms with E-state index in [1.165, 1.54) is 0 Å². The fourth-order valence-electron chi connectivity index (χ4n) is 2.24. The van der Waals surface area contributed by atoms with Gasteiger partial charge < -0.3 is 10.6 Å². The number of hydrogen-bond donors (Lipinski definition) is 0. The molecule has 0 aliphatic carbocycles. The molecule has 0 bridgehead atoms. The Balaban J connectivity index is 0.000000260. The Hall–Kier alpha value is -0.941. The molecule has 2 atom stereocenters. The van der Waals surface area contributed by atoms with Gasteiger partial charge in [-0.25, -0.2) is 0 Å². The summed E-state index contributed by atoms with van der Waals surface area (Å²) in [5.41, 5.74) is 3.39. The third-order valence-electron chi connectivity index (χ3n) is 3.46. The molecule has 0 N–H and O–H groups in total. The first-order valence-electron chi connectivity index (χ1n) is 8.29. The number of nitrogens with zero attached hydrogens (tertiary/aromatic N) is 4. The summed E-state index contributed by atoms with van der Waals surface area (Å²) < 4.78 is 0. The molecule has 2 aliphatic heterocycles. The van der Waals surface area contributed by atoms with Crippen LogP contribution < -0.4 is 0 Å². The van der Waals surface area contributed by atoms with Gasteiger partial charge in [-0.2, -0.15) is 23.8 Å². The van der Waals surface area contributed by atoms with E-state index in [0.717, 1.165) is 22.8 Å². The van der Waals surface area contributed by atoms with Crippen LogP contribution in [0.1, 0.15) is 0 Å². The van der Waals surface area contributed by atoms with Crippen molar-refractivity contribution in [3.8, 4) is 11.4 Å². The molecule has 160 valence electrons. The fraction of sp³-hybridized carbons (Fsp3) is 0.100. The minimum Gasteiger partial charge on any atom is -0.255 e. The van der Waals surface area contributed by atoms with Gasteiger partial charge in [0.1, 0.15) is 0 Å². The van der Waals surface area contributed by atoms with Gasteiger partial charge in [-0.05, 0) is 24.3 Å². The van der Waals surface area contributed by atoms with E-state index in [0.29, 0.717) is 0 Å². The number of pyridine rings is 2. The molecule has 4 rings (SSSR count). The van der Waals surface area contributed by atoms with Crippen LogP contribution in [0.4, 0.5) is 0 Å². The van der Waals surface area contributed by atoms with Gasteiger partial charge in [0.15, 0.2) is 0 Å². The standard InChI is InChI=1S/C10H8Cl2N2.C10H8N2.2ClH.2Fe/c11-7-1-3-13-9(5-7)10-6-8(12)2-4-14-10;1-3-7-11-9(5-1)10-6-2-4-8-12-10;;;;/h1-8H;1-8H;2*1H;;/q-2;;;;2*+2/p-2. The van der Waals surface area contributed by atoms with Crippen molar-refractivity contribution in [1.82, 2.24) is 9.97 Å². The molecule has 2 unspecified atom stereocenters. The molecule has 0 amide bonds. The van der Waals surface area contributed by atoms with E-state index >= 15 is 0 Å². The van der Waals surface area contributed by atoms with E-state index in [1.807, 2.05) is 60.7 Å². The molecular formula is C20H16Cl4Fe2N4. The van der Waals surface area contributed by atoms with Gasteiger partial charge in [-0.3, -0.25) is 9.97 Å². The second-order valence-corrected chi connectivity index (χ2v) is 8.25. The molecule has 0 spiro atoms. The molecule has 2 aromatic heterocycles. The maximum absolute atomic E-state index is 5.92. The topological polar surface area (TPSA) is 54.0 Å². The predicted octanol–water partition coefficient (Wildman–Crippen LogP) is 7.29. The maximum Gasteiger partial charge on any atom is 2.00 e. The van der Waals surface area contributed by atoms with Crippen molar-refractivity contribution in [3.63, 3.8) is 0 Å². The van der Waals surface area contributed by atoms with Gasteiger partial charge in [0, 0.05) is 12.4 Å². The zero-order valence-corrected chi connectivity index (χ0v) is 20.5. The Bertz CT molecular complexity index is 790. The number of alkyl halides is 2. The van der Waals surface area contributed by atoms with Crippen LogP contribution in [-0.4, -0.2) is 20.7 Å². The third kappa shape index (κ3) is 9.91. The summed E-state index contributed by atoms with van der Waals surface area (Å²) >= 11 is 12.0. The van der Waals surface area contributed by atoms with E-state index in [4.69, 9.17) is 43.4 Å². The summed E-state index contributed by atoms with van der Waals surface area (Å²) in [5, 5.41) is 8.13. The molecule has 10 heteroatoms. The van der Waals surface area contributed by atoms with E-state index < -0.39 is 0 Å². The van der Waals surface area contributed by atoms with Crippen LogP contribution in [0.2, 0.25) is 0 Å². The number of rotatable bonds is 2. The normalized spacial score (nSPS) is 18.7. The predicted molar refractivity (Wildman–Crippen MR) is 120 cm³/mol. The van der Waals surface area contributed by atoms with Crippen molar-refractivity contribution in [2.75, 3.05) is 0 Å². The SMILES string of the molecule is ClC1C=C[N-]C(C2=CC(Cl)C=C[N-]2)=C1.[Cl][Fe][Cl].[Fe+2].c1ccc(-c2ccccn2)nc1. The third-order valence-corrected chi connectivity index (χ3v) is 4.00. The quantitative estimate of drug-likeness (QED) is 0.284. The van der Waals surface area contributed by atoms with Gasteiger partial charge >= 0.3 is 50.4 Å².